The monoisotopic (exact) mass is 251 g/mol. The normalized spacial score (nSPS) is 10.5. The van der Waals surface area contributed by atoms with E-state index in [0.717, 1.165) is 16.6 Å². The van der Waals surface area contributed by atoms with Crippen molar-refractivity contribution in [1.29, 1.82) is 0 Å². The average molecular weight is 251 g/mol. The Balaban J connectivity index is 1.92. The van der Waals surface area contributed by atoms with Crippen LogP contribution in [0.4, 0.5) is 11.4 Å². The quantitative estimate of drug-likeness (QED) is 0.613. The maximum atomic E-state index is 12.3. The van der Waals surface area contributed by atoms with Crippen molar-refractivity contribution in [2.45, 2.75) is 0 Å². The van der Waals surface area contributed by atoms with Gasteiger partial charge in [-0.15, -0.1) is 0 Å². The summed E-state index contributed by atoms with van der Waals surface area (Å²) >= 11 is 0. The SMILES string of the molecule is Nc1ccc(NC(=O)c2cccc3[nH]ccc23)cc1. The second-order valence-corrected chi connectivity index (χ2v) is 4.32. The molecule has 4 nitrogen and oxygen atoms in total. The molecule has 1 amide bonds. The predicted molar refractivity (Wildman–Crippen MR) is 77.1 cm³/mol. The Morgan fingerprint density at radius 3 is 2.63 bits per heavy atom. The number of nitrogen functional groups attached to an aromatic ring is 1. The molecule has 0 aliphatic carbocycles. The van der Waals surface area contributed by atoms with Gasteiger partial charge in [-0.2, -0.15) is 0 Å². The fraction of sp³-hybridized carbons (Fsp3) is 0. The first-order valence-electron chi connectivity index (χ1n) is 5.97. The van der Waals surface area contributed by atoms with Crippen LogP contribution in [0.5, 0.6) is 0 Å². The molecular weight excluding hydrogens is 238 g/mol. The third-order valence-electron chi connectivity index (χ3n) is 3.01. The molecule has 0 aliphatic heterocycles. The molecule has 0 atom stereocenters. The van der Waals surface area contributed by atoms with Gasteiger partial charge in [-0.3, -0.25) is 4.79 Å². The lowest BCUT2D eigenvalue weighted by Crippen LogP contribution is -2.12. The number of carbonyl (C=O) groups excluding carboxylic acids is 1. The van der Waals surface area contributed by atoms with Crippen molar-refractivity contribution in [1.82, 2.24) is 4.98 Å². The number of carbonyl (C=O) groups is 1. The van der Waals surface area contributed by atoms with E-state index in [-0.39, 0.29) is 5.91 Å². The average Bonchev–Trinajstić information content (AvgIpc) is 2.89. The molecule has 4 heteroatoms. The predicted octanol–water partition coefficient (Wildman–Crippen LogP) is 3.00. The topological polar surface area (TPSA) is 70.9 Å². The van der Waals surface area contributed by atoms with Gasteiger partial charge < -0.3 is 16.0 Å². The van der Waals surface area contributed by atoms with Gasteiger partial charge in [-0.25, -0.2) is 0 Å². The zero-order chi connectivity index (χ0) is 13.2. The van der Waals surface area contributed by atoms with Gasteiger partial charge in [0.25, 0.3) is 5.91 Å². The molecule has 19 heavy (non-hydrogen) atoms. The molecule has 94 valence electrons. The minimum absolute atomic E-state index is 0.130. The number of amides is 1. The first-order valence-corrected chi connectivity index (χ1v) is 5.97. The second kappa shape index (κ2) is 4.49. The highest BCUT2D eigenvalue weighted by Crippen LogP contribution is 2.19. The summed E-state index contributed by atoms with van der Waals surface area (Å²) in [7, 11) is 0. The van der Waals surface area contributed by atoms with E-state index in [0.29, 0.717) is 11.3 Å². The van der Waals surface area contributed by atoms with Crippen LogP contribution in [-0.4, -0.2) is 10.9 Å². The number of anilines is 2. The first kappa shape index (κ1) is 11.3. The molecule has 0 radical (unpaired) electrons. The second-order valence-electron chi connectivity index (χ2n) is 4.32. The van der Waals surface area contributed by atoms with Crippen LogP contribution in [0.2, 0.25) is 0 Å². The van der Waals surface area contributed by atoms with E-state index in [2.05, 4.69) is 10.3 Å². The van der Waals surface area contributed by atoms with E-state index < -0.39 is 0 Å². The van der Waals surface area contributed by atoms with Crippen LogP contribution in [0.25, 0.3) is 10.9 Å². The van der Waals surface area contributed by atoms with E-state index >= 15 is 0 Å². The fourth-order valence-electron chi connectivity index (χ4n) is 2.05. The largest absolute Gasteiger partial charge is 0.399 e. The van der Waals surface area contributed by atoms with Crippen LogP contribution < -0.4 is 11.1 Å². The Bertz CT molecular complexity index is 728. The Labute approximate surface area is 110 Å². The Kier molecular flexibility index (Phi) is 2.68. The van der Waals surface area contributed by atoms with Crippen molar-refractivity contribution < 1.29 is 4.79 Å². The molecule has 0 bridgehead atoms. The Morgan fingerprint density at radius 2 is 1.84 bits per heavy atom. The van der Waals surface area contributed by atoms with Gasteiger partial charge in [-0.1, -0.05) is 6.07 Å². The number of nitrogens with two attached hydrogens (primary N) is 1. The highest BCUT2D eigenvalue weighted by atomic mass is 16.1. The van der Waals surface area contributed by atoms with Crippen molar-refractivity contribution in [3.8, 4) is 0 Å². The number of hydrogen-bond donors (Lipinski definition) is 3. The number of aromatic nitrogens is 1. The lowest BCUT2D eigenvalue weighted by atomic mass is 10.1. The van der Waals surface area contributed by atoms with Gasteiger partial charge in [-0.05, 0) is 42.5 Å². The molecule has 0 unspecified atom stereocenters. The van der Waals surface area contributed by atoms with Gasteiger partial charge in [0.1, 0.15) is 0 Å². The summed E-state index contributed by atoms with van der Waals surface area (Å²) in [6, 6.07) is 14.6. The lowest BCUT2D eigenvalue weighted by Gasteiger charge is -2.06. The fourth-order valence-corrected chi connectivity index (χ4v) is 2.05. The number of fused-ring (bicyclic) bond motifs is 1. The maximum absolute atomic E-state index is 12.3. The molecule has 4 N–H and O–H groups in total. The minimum atomic E-state index is -0.130. The number of rotatable bonds is 2. The lowest BCUT2D eigenvalue weighted by molar-refractivity contribution is 0.102. The summed E-state index contributed by atoms with van der Waals surface area (Å²) in [5.74, 6) is -0.130. The maximum Gasteiger partial charge on any atom is 0.256 e. The standard InChI is InChI=1S/C15H13N3O/c16-10-4-6-11(7-5-10)18-15(19)13-2-1-3-14-12(13)8-9-17-14/h1-9,17H,16H2,(H,18,19). The summed E-state index contributed by atoms with van der Waals surface area (Å²) < 4.78 is 0. The molecule has 2 aromatic carbocycles. The summed E-state index contributed by atoms with van der Waals surface area (Å²) in [5.41, 5.74) is 8.61. The Hall–Kier alpha value is -2.75. The van der Waals surface area contributed by atoms with Crippen molar-refractivity contribution in [3.63, 3.8) is 0 Å². The van der Waals surface area contributed by atoms with Crippen LogP contribution >= 0.6 is 0 Å². The van der Waals surface area contributed by atoms with Crippen LogP contribution in [0.15, 0.2) is 54.7 Å². The molecule has 0 aliphatic rings. The summed E-state index contributed by atoms with van der Waals surface area (Å²) in [6.45, 7) is 0. The number of benzene rings is 2. The number of H-pyrrole nitrogens is 1. The van der Waals surface area contributed by atoms with E-state index in [4.69, 9.17) is 5.73 Å². The summed E-state index contributed by atoms with van der Waals surface area (Å²) in [6.07, 6.45) is 1.82. The molecule has 0 saturated heterocycles. The van der Waals surface area contributed by atoms with Gasteiger partial charge in [0, 0.05) is 34.0 Å². The van der Waals surface area contributed by atoms with Crippen molar-refractivity contribution >= 4 is 28.2 Å². The third kappa shape index (κ3) is 2.15. The van der Waals surface area contributed by atoms with Crippen LogP contribution in [0.1, 0.15) is 10.4 Å². The van der Waals surface area contributed by atoms with E-state index in [9.17, 15) is 4.79 Å². The highest BCUT2D eigenvalue weighted by molar-refractivity contribution is 6.12. The van der Waals surface area contributed by atoms with Gasteiger partial charge in [0.15, 0.2) is 0 Å². The molecule has 3 aromatic rings. The number of nitrogens with one attached hydrogen (secondary N) is 2. The van der Waals surface area contributed by atoms with E-state index in [1.54, 1.807) is 24.3 Å². The zero-order valence-corrected chi connectivity index (χ0v) is 10.2. The molecule has 0 saturated carbocycles. The van der Waals surface area contributed by atoms with Crippen LogP contribution in [0, 0.1) is 0 Å². The molecule has 1 heterocycles. The van der Waals surface area contributed by atoms with Gasteiger partial charge in [0.2, 0.25) is 0 Å². The molecule has 0 fully saturated rings. The van der Waals surface area contributed by atoms with Crippen LogP contribution in [0.3, 0.4) is 0 Å². The van der Waals surface area contributed by atoms with E-state index in [1.807, 2.05) is 30.5 Å². The zero-order valence-electron chi connectivity index (χ0n) is 10.2. The van der Waals surface area contributed by atoms with Crippen molar-refractivity contribution in [2.75, 3.05) is 11.1 Å². The summed E-state index contributed by atoms with van der Waals surface area (Å²) in [5, 5.41) is 3.77. The summed E-state index contributed by atoms with van der Waals surface area (Å²) in [4.78, 5) is 15.3. The minimum Gasteiger partial charge on any atom is -0.399 e. The molecule has 0 spiro atoms. The third-order valence-corrected chi connectivity index (χ3v) is 3.01. The van der Waals surface area contributed by atoms with E-state index in [1.165, 1.54) is 0 Å². The van der Waals surface area contributed by atoms with Gasteiger partial charge >= 0.3 is 0 Å². The molecule has 1 aromatic heterocycles. The first-order chi connectivity index (χ1) is 9.24. The highest BCUT2D eigenvalue weighted by Gasteiger charge is 2.10. The Morgan fingerprint density at radius 1 is 1.05 bits per heavy atom. The molecule has 3 rings (SSSR count). The number of aromatic amines is 1. The number of hydrogen-bond acceptors (Lipinski definition) is 2. The molecular formula is C15H13N3O. The van der Waals surface area contributed by atoms with Crippen molar-refractivity contribution in [3.05, 3.63) is 60.3 Å². The van der Waals surface area contributed by atoms with Crippen LogP contribution in [-0.2, 0) is 0 Å². The van der Waals surface area contributed by atoms with Crippen molar-refractivity contribution in [2.24, 2.45) is 0 Å². The van der Waals surface area contributed by atoms with Gasteiger partial charge in [0.05, 0.1) is 0 Å². The smallest absolute Gasteiger partial charge is 0.256 e.